The summed E-state index contributed by atoms with van der Waals surface area (Å²) in [4.78, 5) is 25.4. The van der Waals surface area contributed by atoms with Crippen LogP contribution >= 0.6 is 23.1 Å². The van der Waals surface area contributed by atoms with Crippen molar-refractivity contribution in [1.29, 1.82) is 0 Å². The largest absolute Gasteiger partial charge is 1.00 e. The number of allylic oxidation sites excluding steroid dienone is 4. The highest BCUT2D eigenvalue weighted by molar-refractivity contribution is 8.03. The number of benzene rings is 2. The molecule has 2 aromatic carbocycles. The van der Waals surface area contributed by atoms with Crippen LogP contribution < -0.4 is 26.4 Å². The summed E-state index contributed by atoms with van der Waals surface area (Å²) in [6, 6.07) is 15.4. The molecule has 6 nitrogen and oxygen atoms in total. The van der Waals surface area contributed by atoms with Gasteiger partial charge in [0.1, 0.15) is 11.2 Å². The van der Waals surface area contributed by atoms with E-state index < -0.39 is 11.9 Å². The standard InChI is InChI=1S/C23H18N2O4S2.BrH/c26-22(27)14-24-16-8-4-6-10-18(16)30-20(24)12-2-1-3-13-21-25(15-23(28)29)17-9-5-7-11-19(17)31-21;/h1-13H,14-15H2,(H-,26,27,28,29);1H. The van der Waals surface area contributed by atoms with Gasteiger partial charge >= 0.3 is 11.9 Å². The Hall–Kier alpha value is -2.88. The number of carboxylic acids is 2. The number of carboxylic acid groups (broad SMARTS) is 2. The van der Waals surface area contributed by atoms with Crippen LogP contribution in [-0.4, -0.2) is 28.7 Å². The predicted molar refractivity (Wildman–Crippen MR) is 123 cm³/mol. The number of hydrogen-bond donors (Lipinski definition) is 2. The van der Waals surface area contributed by atoms with Crippen molar-refractivity contribution in [3.05, 3.63) is 82.9 Å². The summed E-state index contributed by atoms with van der Waals surface area (Å²) in [6.45, 7) is -0.201. The lowest BCUT2D eigenvalue weighted by molar-refractivity contribution is -0.657. The molecule has 0 unspecified atom stereocenters. The van der Waals surface area contributed by atoms with Gasteiger partial charge in [0.2, 0.25) is 12.1 Å². The number of halogens is 1. The molecule has 0 amide bonds. The molecule has 1 aromatic heterocycles. The number of carbonyl (C=O) groups is 2. The average molecular weight is 531 g/mol. The Bertz CT molecular complexity index is 1250. The summed E-state index contributed by atoms with van der Waals surface area (Å²) in [6.07, 6.45) is 9.33. The minimum Gasteiger partial charge on any atom is -1.00 e. The van der Waals surface area contributed by atoms with E-state index in [9.17, 15) is 19.8 Å². The Labute approximate surface area is 203 Å². The second-order valence-electron chi connectivity index (χ2n) is 6.69. The molecule has 1 aliphatic heterocycles. The molecular formula is C23H19BrN2O4S2. The number of hydrogen-bond acceptors (Lipinski definition) is 5. The zero-order chi connectivity index (χ0) is 21.8. The molecule has 32 heavy (non-hydrogen) atoms. The van der Waals surface area contributed by atoms with Crippen molar-refractivity contribution in [1.82, 2.24) is 0 Å². The number of nitrogens with zero attached hydrogens (tertiary/aromatic N) is 2. The quantitative estimate of drug-likeness (QED) is 0.355. The van der Waals surface area contributed by atoms with Crippen molar-refractivity contribution < 1.29 is 41.4 Å². The Morgan fingerprint density at radius 1 is 0.969 bits per heavy atom. The van der Waals surface area contributed by atoms with Gasteiger partial charge in [-0.3, -0.25) is 4.79 Å². The highest BCUT2D eigenvalue weighted by Crippen LogP contribution is 2.45. The molecule has 0 aliphatic carbocycles. The van der Waals surface area contributed by atoms with Gasteiger partial charge in [-0.15, -0.1) is 0 Å². The van der Waals surface area contributed by atoms with E-state index in [-0.39, 0.29) is 30.1 Å². The van der Waals surface area contributed by atoms with Crippen molar-refractivity contribution in [2.75, 3.05) is 11.4 Å². The summed E-state index contributed by atoms with van der Waals surface area (Å²) in [7, 11) is 0. The van der Waals surface area contributed by atoms with Crippen LogP contribution in [-0.2, 0) is 16.1 Å². The van der Waals surface area contributed by atoms with Crippen LogP contribution in [0.3, 0.4) is 0 Å². The van der Waals surface area contributed by atoms with Gasteiger partial charge in [-0.1, -0.05) is 65.6 Å². The van der Waals surface area contributed by atoms with E-state index in [0.29, 0.717) is 0 Å². The Kier molecular flexibility index (Phi) is 7.89. The van der Waals surface area contributed by atoms with E-state index in [2.05, 4.69) is 0 Å². The fraction of sp³-hybridized carbons (Fsp3) is 0.0870. The third-order valence-corrected chi connectivity index (χ3v) is 6.82. The SMILES string of the molecule is O=C(O)CN1C(=CC=CC=Cc2sc3ccccc3[n+]2CC(=O)O)Sc2ccccc21.[Br-]. The van der Waals surface area contributed by atoms with Crippen molar-refractivity contribution in [3.8, 4) is 0 Å². The molecule has 9 heteroatoms. The summed E-state index contributed by atoms with van der Waals surface area (Å²) < 4.78 is 2.81. The smallest absolute Gasteiger partial charge is 0.370 e. The fourth-order valence-corrected chi connectivity index (χ4v) is 5.44. The monoisotopic (exact) mass is 530 g/mol. The molecule has 4 rings (SSSR count). The van der Waals surface area contributed by atoms with Crippen LogP contribution in [0.1, 0.15) is 5.01 Å². The minimum absolute atomic E-state index is 0. The fourth-order valence-electron chi connectivity index (χ4n) is 3.29. The van der Waals surface area contributed by atoms with E-state index in [4.69, 9.17) is 0 Å². The van der Waals surface area contributed by atoms with E-state index in [1.807, 2.05) is 78.9 Å². The number of aliphatic carboxylic acids is 2. The van der Waals surface area contributed by atoms with E-state index in [0.717, 1.165) is 30.8 Å². The molecular weight excluding hydrogens is 512 g/mol. The summed E-state index contributed by atoms with van der Waals surface area (Å²) >= 11 is 3.07. The van der Waals surface area contributed by atoms with E-state index >= 15 is 0 Å². The molecule has 164 valence electrons. The average Bonchev–Trinajstić information content (AvgIpc) is 3.25. The number of anilines is 1. The third-order valence-electron chi connectivity index (χ3n) is 4.56. The van der Waals surface area contributed by atoms with Gasteiger partial charge < -0.3 is 32.1 Å². The summed E-state index contributed by atoms with van der Waals surface area (Å²) in [5, 5.41) is 20.2. The van der Waals surface area contributed by atoms with Gasteiger partial charge in [0.25, 0.3) is 5.01 Å². The number of thioether (sulfide) groups is 1. The van der Waals surface area contributed by atoms with Gasteiger partial charge in [-0.25, -0.2) is 4.79 Å². The van der Waals surface area contributed by atoms with Crippen LogP contribution in [0.4, 0.5) is 5.69 Å². The van der Waals surface area contributed by atoms with Crippen molar-refractivity contribution in [2.24, 2.45) is 0 Å². The van der Waals surface area contributed by atoms with Gasteiger partial charge in [0, 0.05) is 17.0 Å². The summed E-state index contributed by atoms with van der Waals surface area (Å²) in [5.41, 5.74) is 1.79. The van der Waals surface area contributed by atoms with Gasteiger partial charge in [0.05, 0.1) is 10.7 Å². The summed E-state index contributed by atoms with van der Waals surface area (Å²) in [5.74, 6) is -1.78. The van der Waals surface area contributed by atoms with Gasteiger partial charge in [-0.05, 0) is 24.3 Å². The van der Waals surface area contributed by atoms with Crippen molar-refractivity contribution in [3.63, 3.8) is 0 Å². The van der Waals surface area contributed by atoms with Crippen LogP contribution in [0.15, 0.2) is 82.8 Å². The minimum atomic E-state index is -0.889. The maximum Gasteiger partial charge on any atom is 0.370 e. The first-order valence-electron chi connectivity index (χ1n) is 9.47. The highest BCUT2D eigenvalue weighted by Gasteiger charge is 2.26. The molecule has 2 heterocycles. The maximum absolute atomic E-state index is 11.3. The highest BCUT2D eigenvalue weighted by atomic mass is 79.9. The van der Waals surface area contributed by atoms with Crippen LogP contribution in [0.25, 0.3) is 16.3 Å². The second kappa shape index (κ2) is 10.6. The molecule has 3 aromatic rings. The maximum atomic E-state index is 11.3. The Morgan fingerprint density at radius 2 is 1.72 bits per heavy atom. The molecule has 0 saturated heterocycles. The molecule has 0 bridgehead atoms. The Balaban J connectivity index is 0.00000289. The molecule has 0 atom stereocenters. The molecule has 1 aliphatic rings. The van der Waals surface area contributed by atoms with Gasteiger partial charge in [-0.2, -0.15) is 4.57 Å². The first-order valence-corrected chi connectivity index (χ1v) is 11.1. The lowest BCUT2D eigenvalue weighted by atomic mass is 10.3. The Morgan fingerprint density at radius 3 is 2.50 bits per heavy atom. The lowest BCUT2D eigenvalue weighted by Gasteiger charge is -2.17. The van der Waals surface area contributed by atoms with E-state index in [1.54, 1.807) is 9.47 Å². The molecule has 0 fully saturated rings. The first-order chi connectivity index (χ1) is 15.0. The molecule has 0 radical (unpaired) electrons. The lowest BCUT2D eigenvalue weighted by Crippen LogP contribution is -3.00. The first kappa shape index (κ1) is 23.8. The number of fused-ring (bicyclic) bond motifs is 2. The van der Waals surface area contributed by atoms with Crippen LogP contribution in [0.5, 0.6) is 0 Å². The predicted octanol–water partition coefficient (Wildman–Crippen LogP) is 1.39. The third kappa shape index (κ3) is 5.29. The normalized spacial score (nSPS) is 14.4. The van der Waals surface area contributed by atoms with Crippen LogP contribution in [0, 0.1) is 0 Å². The number of para-hydroxylation sites is 2. The number of thiazole rings is 1. The van der Waals surface area contributed by atoms with Crippen LogP contribution in [0.2, 0.25) is 0 Å². The number of aromatic nitrogens is 1. The number of rotatable bonds is 7. The van der Waals surface area contributed by atoms with E-state index in [1.165, 1.54) is 23.1 Å². The second-order valence-corrected chi connectivity index (χ2v) is 8.81. The topological polar surface area (TPSA) is 81.7 Å². The van der Waals surface area contributed by atoms with Crippen molar-refractivity contribution in [2.45, 2.75) is 11.4 Å². The zero-order valence-corrected chi connectivity index (χ0v) is 19.9. The zero-order valence-electron chi connectivity index (χ0n) is 16.7. The van der Waals surface area contributed by atoms with Crippen molar-refractivity contribution >= 4 is 57.0 Å². The van der Waals surface area contributed by atoms with Gasteiger partial charge in [0.15, 0.2) is 0 Å². The molecule has 0 saturated carbocycles. The molecule has 2 N–H and O–H groups in total. The molecule has 0 spiro atoms.